The summed E-state index contributed by atoms with van der Waals surface area (Å²) in [5.41, 5.74) is 2.88. The van der Waals surface area contributed by atoms with Gasteiger partial charge in [-0.15, -0.1) is 0 Å². The van der Waals surface area contributed by atoms with Crippen molar-refractivity contribution in [3.63, 3.8) is 0 Å². The number of rotatable bonds is 5. The van der Waals surface area contributed by atoms with Gasteiger partial charge in [0, 0.05) is 19.0 Å². The molecule has 0 aliphatic carbocycles. The Bertz CT molecular complexity index is 870. The van der Waals surface area contributed by atoms with Crippen LogP contribution in [0.5, 0.6) is 0 Å². The summed E-state index contributed by atoms with van der Waals surface area (Å²) in [4.78, 5) is 16.7. The number of nitrogens with one attached hydrogen (secondary N) is 1. The predicted molar refractivity (Wildman–Crippen MR) is 90.6 cm³/mol. The standard InChI is InChI=1S/C17H20N4O2/c1-4-21-17-13(16(20-21)19-15(22)7-8-23-3)10-12-9-11(2)5-6-14(12)18-17/h5-6,9-10H,4,7-8H2,1-3H3,(H,19,20,22). The first-order valence-electron chi connectivity index (χ1n) is 7.69. The molecule has 2 heterocycles. The van der Waals surface area contributed by atoms with E-state index in [1.807, 2.05) is 32.0 Å². The molecule has 0 saturated heterocycles. The van der Waals surface area contributed by atoms with Crippen LogP contribution in [-0.4, -0.2) is 34.4 Å². The fraction of sp³-hybridized carbons (Fsp3) is 0.353. The topological polar surface area (TPSA) is 69.0 Å². The van der Waals surface area contributed by atoms with Crippen LogP contribution in [-0.2, 0) is 16.1 Å². The van der Waals surface area contributed by atoms with E-state index in [9.17, 15) is 4.79 Å². The van der Waals surface area contributed by atoms with Crippen molar-refractivity contribution in [3.8, 4) is 0 Å². The number of aryl methyl sites for hydroxylation is 2. The summed E-state index contributed by atoms with van der Waals surface area (Å²) in [6.07, 6.45) is 0.303. The van der Waals surface area contributed by atoms with Crippen LogP contribution < -0.4 is 5.32 Å². The van der Waals surface area contributed by atoms with Gasteiger partial charge >= 0.3 is 0 Å². The number of nitrogens with zero attached hydrogens (tertiary/aromatic N) is 3. The molecule has 0 fully saturated rings. The summed E-state index contributed by atoms with van der Waals surface area (Å²) in [5, 5.41) is 9.24. The van der Waals surface area contributed by atoms with Gasteiger partial charge in [0.05, 0.1) is 23.9 Å². The summed E-state index contributed by atoms with van der Waals surface area (Å²) in [5.74, 6) is 0.442. The second kappa shape index (κ2) is 6.34. The fourth-order valence-electron chi connectivity index (χ4n) is 2.58. The van der Waals surface area contributed by atoms with Crippen LogP contribution >= 0.6 is 0 Å². The van der Waals surface area contributed by atoms with Crippen molar-refractivity contribution < 1.29 is 9.53 Å². The van der Waals surface area contributed by atoms with E-state index in [1.54, 1.807) is 11.8 Å². The van der Waals surface area contributed by atoms with Gasteiger partial charge in [0.1, 0.15) is 0 Å². The van der Waals surface area contributed by atoms with E-state index in [-0.39, 0.29) is 5.91 Å². The number of hydrogen-bond donors (Lipinski definition) is 1. The first-order valence-corrected chi connectivity index (χ1v) is 7.69. The average molecular weight is 312 g/mol. The molecule has 0 atom stereocenters. The minimum Gasteiger partial charge on any atom is -0.384 e. The van der Waals surface area contributed by atoms with Crippen molar-refractivity contribution in [3.05, 3.63) is 29.8 Å². The summed E-state index contributed by atoms with van der Waals surface area (Å²) in [6, 6.07) is 8.17. The Hall–Kier alpha value is -2.47. The molecule has 6 nitrogen and oxygen atoms in total. The van der Waals surface area contributed by atoms with Crippen LogP contribution in [0, 0.1) is 6.92 Å². The third kappa shape index (κ3) is 3.03. The lowest BCUT2D eigenvalue weighted by Gasteiger charge is -2.03. The summed E-state index contributed by atoms with van der Waals surface area (Å²) >= 11 is 0. The zero-order valence-electron chi connectivity index (χ0n) is 13.6. The van der Waals surface area contributed by atoms with E-state index in [0.717, 1.165) is 21.9 Å². The highest BCUT2D eigenvalue weighted by Gasteiger charge is 2.14. The Balaban J connectivity index is 2.08. The van der Waals surface area contributed by atoms with E-state index in [1.165, 1.54) is 5.56 Å². The monoisotopic (exact) mass is 312 g/mol. The van der Waals surface area contributed by atoms with Crippen LogP contribution in [0.15, 0.2) is 24.3 Å². The van der Waals surface area contributed by atoms with Crippen molar-refractivity contribution in [2.75, 3.05) is 19.0 Å². The number of amides is 1. The number of carbonyl (C=O) groups excluding carboxylic acids is 1. The summed E-state index contributed by atoms with van der Waals surface area (Å²) < 4.78 is 6.74. The van der Waals surface area contributed by atoms with E-state index >= 15 is 0 Å². The van der Waals surface area contributed by atoms with E-state index in [4.69, 9.17) is 9.72 Å². The second-order valence-electron chi connectivity index (χ2n) is 5.51. The van der Waals surface area contributed by atoms with Crippen molar-refractivity contribution in [2.45, 2.75) is 26.8 Å². The quantitative estimate of drug-likeness (QED) is 0.786. The van der Waals surface area contributed by atoms with Crippen LogP contribution in [0.1, 0.15) is 18.9 Å². The summed E-state index contributed by atoms with van der Waals surface area (Å²) in [7, 11) is 1.58. The van der Waals surface area contributed by atoms with Gasteiger partial charge in [0.25, 0.3) is 0 Å². The maximum atomic E-state index is 12.0. The first kappa shape index (κ1) is 15.4. The van der Waals surface area contributed by atoms with Gasteiger partial charge in [-0.1, -0.05) is 11.6 Å². The van der Waals surface area contributed by atoms with Gasteiger partial charge in [0.15, 0.2) is 11.5 Å². The SMILES string of the molecule is CCn1nc(NC(=O)CCOC)c2cc3cc(C)ccc3nc21. The molecule has 0 bridgehead atoms. The molecule has 0 radical (unpaired) electrons. The van der Waals surface area contributed by atoms with Gasteiger partial charge in [0.2, 0.25) is 5.91 Å². The molecular weight excluding hydrogens is 292 g/mol. The molecule has 2 aromatic heterocycles. The molecule has 3 rings (SSSR count). The second-order valence-corrected chi connectivity index (χ2v) is 5.51. The molecular formula is C17H20N4O2. The third-order valence-corrected chi connectivity index (χ3v) is 3.76. The number of anilines is 1. The lowest BCUT2D eigenvalue weighted by molar-refractivity contribution is -0.117. The van der Waals surface area contributed by atoms with E-state index < -0.39 is 0 Å². The van der Waals surface area contributed by atoms with Crippen molar-refractivity contribution >= 4 is 33.7 Å². The van der Waals surface area contributed by atoms with E-state index in [0.29, 0.717) is 25.4 Å². The van der Waals surface area contributed by atoms with E-state index in [2.05, 4.69) is 16.5 Å². The highest BCUT2D eigenvalue weighted by Crippen LogP contribution is 2.26. The van der Waals surface area contributed by atoms with Crippen molar-refractivity contribution in [1.29, 1.82) is 0 Å². The minimum atomic E-state index is -0.112. The smallest absolute Gasteiger partial charge is 0.227 e. The highest BCUT2D eigenvalue weighted by molar-refractivity contribution is 6.02. The molecule has 0 aliphatic rings. The van der Waals surface area contributed by atoms with Gasteiger partial charge < -0.3 is 10.1 Å². The number of hydrogen-bond acceptors (Lipinski definition) is 4. The van der Waals surface area contributed by atoms with Crippen molar-refractivity contribution in [1.82, 2.24) is 14.8 Å². The fourth-order valence-corrected chi connectivity index (χ4v) is 2.58. The first-order chi connectivity index (χ1) is 11.1. The maximum Gasteiger partial charge on any atom is 0.227 e. The minimum absolute atomic E-state index is 0.112. The molecule has 0 spiro atoms. The van der Waals surface area contributed by atoms with Gasteiger partial charge in [-0.2, -0.15) is 5.10 Å². The molecule has 0 unspecified atom stereocenters. The number of carbonyl (C=O) groups is 1. The third-order valence-electron chi connectivity index (χ3n) is 3.76. The Labute approximate surface area is 134 Å². The lowest BCUT2D eigenvalue weighted by Crippen LogP contribution is -2.14. The van der Waals surface area contributed by atoms with Crippen LogP contribution in [0.4, 0.5) is 5.82 Å². The Morgan fingerprint density at radius 2 is 2.17 bits per heavy atom. The summed E-state index contributed by atoms with van der Waals surface area (Å²) in [6.45, 7) is 5.13. The molecule has 0 aliphatic heterocycles. The maximum absolute atomic E-state index is 12.0. The Morgan fingerprint density at radius 1 is 1.35 bits per heavy atom. The number of methoxy groups -OCH3 is 1. The molecule has 120 valence electrons. The van der Waals surface area contributed by atoms with Crippen LogP contribution in [0.25, 0.3) is 21.9 Å². The molecule has 23 heavy (non-hydrogen) atoms. The number of pyridine rings is 1. The van der Waals surface area contributed by atoms with Gasteiger partial charge in [-0.3, -0.25) is 4.79 Å². The highest BCUT2D eigenvalue weighted by atomic mass is 16.5. The molecule has 1 N–H and O–H groups in total. The molecule has 1 amide bonds. The normalized spacial score (nSPS) is 11.3. The molecule has 1 aromatic carbocycles. The largest absolute Gasteiger partial charge is 0.384 e. The average Bonchev–Trinajstić information content (AvgIpc) is 2.87. The van der Waals surface area contributed by atoms with Crippen LogP contribution in [0.3, 0.4) is 0 Å². The number of benzene rings is 1. The Morgan fingerprint density at radius 3 is 2.91 bits per heavy atom. The van der Waals surface area contributed by atoms with Crippen molar-refractivity contribution in [2.24, 2.45) is 0 Å². The molecule has 3 aromatic rings. The van der Waals surface area contributed by atoms with Gasteiger partial charge in [-0.05, 0) is 32.0 Å². The number of ether oxygens (including phenoxy) is 1. The number of aromatic nitrogens is 3. The lowest BCUT2D eigenvalue weighted by atomic mass is 10.1. The molecule has 6 heteroatoms. The zero-order valence-corrected chi connectivity index (χ0v) is 13.6. The zero-order chi connectivity index (χ0) is 16.4. The Kier molecular flexibility index (Phi) is 4.25. The van der Waals surface area contributed by atoms with Crippen LogP contribution in [0.2, 0.25) is 0 Å². The van der Waals surface area contributed by atoms with Gasteiger partial charge in [-0.25, -0.2) is 9.67 Å². The molecule has 0 saturated carbocycles. The predicted octanol–water partition coefficient (Wildman–Crippen LogP) is 2.89. The number of fused-ring (bicyclic) bond motifs is 2.